The van der Waals surface area contributed by atoms with Gasteiger partial charge < -0.3 is 20.8 Å². The Morgan fingerprint density at radius 3 is 2.72 bits per heavy atom. The predicted octanol–water partition coefficient (Wildman–Crippen LogP) is 2.88. The van der Waals surface area contributed by atoms with Gasteiger partial charge in [0.2, 0.25) is 0 Å². The molecule has 1 aliphatic rings. The molecule has 1 aromatic heterocycles. The number of rotatable bonds is 6. The van der Waals surface area contributed by atoms with E-state index in [1.54, 1.807) is 25.2 Å². The van der Waals surface area contributed by atoms with E-state index in [1.807, 2.05) is 13.0 Å². The number of benzene rings is 1. The summed E-state index contributed by atoms with van der Waals surface area (Å²) in [7, 11) is 1.66. The van der Waals surface area contributed by atoms with Crippen LogP contribution in [0, 0.1) is 23.7 Å². The quantitative estimate of drug-likeness (QED) is 0.657. The standard InChI is InChI=1S/C22H25N5O2/c1-14-4-5-16(12-23)10-19(14)20-11-17(13-24)21(27(3)22(20)28)26-15(2)25-18-6-8-29-9-7-18/h4-5,10-11,13,18,24-26H,2,6-9H2,1,3H3. The lowest BCUT2D eigenvalue weighted by Gasteiger charge is -2.26. The molecule has 3 rings (SSSR count). The average molecular weight is 391 g/mol. The lowest BCUT2D eigenvalue weighted by molar-refractivity contribution is 0.0805. The minimum atomic E-state index is -0.213. The maximum Gasteiger partial charge on any atom is 0.259 e. The van der Waals surface area contributed by atoms with Crippen molar-refractivity contribution in [2.75, 3.05) is 18.5 Å². The minimum Gasteiger partial charge on any atom is -0.381 e. The first-order chi connectivity index (χ1) is 13.9. The van der Waals surface area contributed by atoms with Gasteiger partial charge in [0, 0.05) is 43.6 Å². The van der Waals surface area contributed by atoms with Crippen LogP contribution in [0.3, 0.4) is 0 Å². The van der Waals surface area contributed by atoms with Gasteiger partial charge in [-0.1, -0.05) is 12.6 Å². The van der Waals surface area contributed by atoms with Gasteiger partial charge in [-0.15, -0.1) is 0 Å². The Morgan fingerprint density at radius 2 is 2.07 bits per heavy atom. The summed E-state index contributed by atoms with van der Waals surface area (Å²) in [6, 6.07) is 9.31. The van der Waals surface area contributed by atoms with E-state index < -0.39 is 0 Å². The second kappa shape index (κ2) is 8.76. The zero-order chi connectivity index (χ0) is 21.0. The fourth-order valence-corrected chi connectivity index (χ4v) is 3.47. The number of aromatic nitrogens is 1. The van der Waals surface area contributed by atoms with Crippen molar-refractivity contribution < 1.29 is 4.74 Å². The SMILES string of the molecule is C=C(Nc1c(C=N)cc(-c2cc(C#N)ccc2C)c(=O)n1C)NC1CCOCC1. The molecule has 7 heteroatoms. The first kappa shape index (κ1) is 20.4. The van der Waals surface area contributed by atoms with Gasteiger partial charge in [-0.3, -0.25) is 9.36 Å². The molecule has 0 unspecified atom stereocenters. The predicted molar refractivity (Wildman–Crippen MR) is 114 cm³/mol. The Bertz CT molecular complexity index is 1040. The molecule has 0 saturated carbocycles. The number of nitrogens with zero attached hydrogens (tertiary/aromatic N) is 2. The molecule has 0 bridgehead atoms. The summed E-state index contributed by atoms with van der Waals surface area (Å²) < 4.78 is 6.84. The summed E-state index contributed by atoms with van der Waals surface area (Å²) >= 11 is 0. The largest absolute Gasteiger partial charge is 0.381 e. The number of hydrogen-bond acceptors (Lipinski definition) is 6. The maximum absolute atomic E-state index is 13.1. The first-order valence-corrected chi connectivity index (χ1v) is 9.50. The van der Waals surface area contributed by atoms with E-state index in [2.05, 4.69) is 23.3 Å². The zero-order valence-electron chi connectivity index (χ0n) is 16.7. The molecule has 29 heavy (non-hydrogen) atoms. The number of ether oxygens (including phenoxy) is 1. The summed E-state index contributed by atoms with van der Waals surface area (Å²) in [4.78, 5) is 13.1. The van der Waals surface area contributed by atoms with E-state index >= 15 is 0 Å². The van der Waals surface area contributed by atoms with Crippen LogP contribution in [0.15, 0.2) is 41.5 Å². The Morgan fingerprint density at radius 1 is 1.34 bits per heavy atom. The van der Waals surface area contributed by atoms with Crippen LogP contribution >= 0.6 is 0 Å². The second-order valence-corrected chi connectivity index (χ2v) is 7.15. The van der Waals surface area contributed by atoms with Crippen molar-refractivity contribution in [3.05, 3.63) is 63.7 Å². The van der Waals surface area contributed by atoms with Crippen LogP contribution in [-0.4, -0.2) is 30.0 Å². The Labute approximate surface area is 170 Å². The highest BCUT2D eigenvalue weighted by atomic mass is 16.5. The van der Waals surface area contributed by atoms with Gasteiger partial charge >= 0.3 is 0 Å². The van der Waals surface area contributed by atoms with Crippen LogP contribution in [0.4, 0.5) is 5.82 Å². The van der Waals surface area contributed by atoms with Gasteiger partial charge in [-0.2, -0.15) is 5.26 Å². The molecule has 1 fully saturated rings. The molecule has 1 aromatic carbocycles. The molecule has 3 N–H and O–H groups in total. The van der Waals surface area contributed by atoms with Crippen molar-refractivity contribution in [3.63, 3.8) is 0 Å². The number of aryl methyl sites for hydroxylation is 1. The molecule has 0 atom stereocenters. The molecule has 7 nitrogen and oxygen atoms in total. The van der Waals surface area contributed by atoms with Gasteiger partial charge in [-0.25, -0.2) is 0 Å². The van der Waals surface area contributed by atoms with Crippen LogP contribution < -0.4 is 16.2 Å². The normalized spacial score (nSPS) is 14.1. The summed E-state index contributed by atoms with van der Waals surface area (Å²) in [5, 5.41) is 23.5. The third-order valence-electron chi connectivity index (χ3n) is 5.13. The maximum atomic E-state index is 13.1. The van der Waals surface area contributed by atoms with E-state index in [1.165, 1.54) is 10.8 Å². The molecule has 1 aliphatic heterocycles. The molecule has 150 valence electrons. The van der Waals surface area contributed by atoms with E-state index in [9.17, 15) is 10.1 Å². The van der Waals surface area contributed by atoms with E-state index in [-0.39, 0.29) is 11.6 Å². The molecule has 2 heterocycles. The second-order valence-electron chi connectivity index (χ2n) is 7.15. The zero-order valence-corrected chi connectivity index (χ0v) is 16.7. The number of anilines is 1. The monoisotopic (exact) mass is 391 g/mol. The van der Waals surface area contributed by atoms with Gasteiger partial charge in [0.05, 0.1) is 17.5 Å². The molecule has 0 amide bonds. The van der Waals surface area contributed by atoms with Crippen molar-refractivity contribution in [1.82, 2.24) is 9.88 Å². The van der Waals surface area contributed by atoms with E-state index in [0.717, 1.165) is 18.4 Å². The molecular weight excluding hydrogens is 366 g/mol. The van der Waals surface area contributed by atoms with Crippen molar-refractivity contribution in [2.24, 2.45) is 7.05 Å². The lowest BCUT2D eigenvalue weighted by atomic mass is 9.98. The van der Waals surface area contributed by atoms with Crippen molar-refractivity contribution in [3.8, 4) is 17.2 Å². The van der Waals surface area contributed by atoms with Gasteiger partial charge in [-0.05, 0) is 49.1 Å². The van der Waals surface area contributed by atoms with Crippen molar-refractivity contribution >= 4 is 12.0 Å². The highest BCUT2D eigenvalue weighted by molar-refractivity contribution is 5.87. The fraction of sp³-hybridized carbons (Fsp3) is 0.318. The summed E-state index contributed by atoms with van der Waals surface area (Å²) in [5.74, 6) is 1.07. The Hall–Kier alpha value is -3.37. The highest BCUT2D eigenvalue weighted by Crippen LogP contribution is 2.25. The van der Waals surface area contributed by atoms with E-state index in [0.29, 0.717) is 47.1 Å². The van der Waals surface area contributed by atoms with E-state index in [4.69, 9.17) is 10.1 Å². The number of hydrogen-bond donors (Lipinski definition) is 3. The third-order valence-corrected chi connectivity index (χ3v) is 5.13. The topological polar surface area (TPSA) is 103 Å². The lowest BCUT2D eigenvalue weighted by Crippen LogP contribution is -2.36. The van der Waals surface area contributed by atoms with Crippen molar-refractivity contribution in [1.29, 1.82) is 10.7 Å². The van der Waals surface area contributed by atoms with Crippen LogP contribution in [-0.2, 0) is 11.8 Å². The molecule has 0 radical (unpaired) electrons. The summed E-state index contributed by atoms with van der Waals surface area (Å²) in [5.41, 5.74) is 2.87. The summed E-state index contributed by atoms with van der Waals surface area (Å²) in [6.07, 6.45) is 2.99. The molecule has 1 saturated heterocycles. The highest BCUT2D eigenvalue weighted by Gasteiger charge is 2.17. The number of nitriles is 1. The molecule has 0 aliphatic carbocycles. The van der Waals surface area contributed by atoms with Gasteiger partial charge in [0.25, 0.3) is 5.56 Å². The van der Waals surface area contributed by atoms with Gasteiger partial charge in [0.15, 0.2) is 0 Å². The smallest absolute Gasteiger partial charge is 0.259 e. The number of nitrogens with one attached hydrogen (secondary N) is 3. The number of pyridine rings is 1. The van der Waals surface area contributed by atoms with Crippen molar-refractivity contribution in [2.45, 2.75) is 25.8 Å². The fourth-order valence-electron chi connectivity index (χ4n) is 3.47. The van der Waals surface area contributed by atoms with Gasteiger partial charge in [0.1, 0.15) is 5.82 Å². The minimum absolute atomic E-state index is 0.213. The van der Waals surface area contributed by atoms with Crippen LogP contribution in [0.2, 0.25) is 0 Å². The average Bonchev–Trinajstić information content (AvgIpc) is 2.73. The van der Waals surface area contributed by atoms with Crippen LogP contribution in [0.25, 0.3) is 11.1 Å². The molecule has 0 spiro atoms. The molecular formula is C22H25N5O2. The van der Waals surface area contributed by atoms with Crippen LogP contribution in [0.5, 0.6) is 0 Å². The molecule has 2 aromatic rings. The third kappa shape index (κ3) is 4.39. The Kier molecular flexibility index (Phi) is 6.15. The Balaban J connectivity index is 1.96. The first-order valence-electron chi connectivity index (χ1n) is 9.50. The van der Waals surface area contributed by atoms with Crippen LogP contribution in [0.1, 0.15) is 29.5 Å². The summed E-state index contributed by atoms with van der Waals surface area (Å²) in [6.45, 7) is 7.34.